The number of hydrogen-bond acceptors (Lipinski definition) is 11. The number of aromatic hydroxyl groups is 2. The summed E-state index contributed by atoms with van der Waals surface area (Å²) in [5.41, 5.74) is 8.03. The third kappa shape index (κ3) is 13.3. The van der Waals surface area contributed by atoms with E-state index in [0.29, 0.717) is 23.1 Å². The van der Waals surface area contributed by atoms with Gasteiger partial charge in [0.15, 0.2) is 0 Å². The first-order valence-electron chi connectivity index (χ1n) is 19.6. The highest BCUT2D eigenvalue weighted by molar-refractivity contribution is 5.97. The summed E-state index contributed by atoms with van der Waals surface area (Å²) in [6.45, 7) is 2.33. The van der Waals surface area contributed by atoms with E-state index in [1.807, 2.05) is 0 Å². The number of phenolic OH excluding ortho intramolecular Hbond substituents is 2. The van der Waals surface area contributed by atoms with E-state index in [2.05, 4.69) is 31.9 Å². The minimum Gasteiger partial charge on any atom is -0.508 e. The Bertz CT molecular complexity index is 1970. The number of phenols is 2. The number of likely N-dealkylation sites (N-methyl/N-ethyl adjacent to an activating group) is 1. The molecule has 7 amide bonds. The lowest BCUT2D eigenvalue weighted by atomic mass is 10.0. The maximum Gasteiger partial charge on any atom is 0.246 e. The predicted octanol–water partition coefficient (Wildman–Crippen LogP) is -1.35. The fourth-order valence-corrected chi connectivity index (χ4v) is 6.60. The number of nitrogens with zero attached hydrogens (tertiary/aromatic N) is 1. The average Bonchev–Trinajstić information content (AvgIpc) is 3.74. The summed E-state index contributed by atoms with van der Waals surface area (Å²) >= 11 is 0. The summed E-state index contributed by atoms with van der Waals surface area (Å²) in [5.74, 6) is -4.64. The number of likely N-dealkylation sites (tertiary alicyclic amines) is 1. The van der Waals surface area contributed by atoms with Gasteiger partial charge in [0.25, 0.3) is 0 Å². The Morgan fingerprint density at radius 2 is 1.13 bits per heavy atom. The van der Waals surface area contributed by atoms with Crippen LogP contribution in [0.15, 0.2) is 78.9 Å². The molecule has 1 aliphatic heterocycles. The topological polar surface area (TPSA) is 282 Å². The van der Waals surface area contributed by atoms with E-state index in [9.17, 15) is 48.9 Å². The SMILES string of the molecule is CNC(=O)[C@H](CO)NC(=O)[C@@H]1CCCN1C(=O)[C@H](Cc1ccc(O)cc1)NC(=O)[C@@H](C)NC(=O)[C@H](Cc1ccccc1)NC(=O)[C@@H](C)NC(=O)[C@@H](N)Cc1ccc(O)cc1. The molecule has 1 aliphatic rings. The molecule has 1 heterocycles. The lowest BCUT2D eigenvalue weighted by molar-refractivity contribution is -0.142. The van der Waals surface area contributed by atoms with E-state index in [1.54, 1.807) is 54.6 Å². The van der Waals surface area contributed by atoms with Gasteiger partial charge in [0.05, 0.1) is 12.6 Å². The van der Waals surface area contributed by atoms with Crippen LogP contribution in [0.2, 0.25) is 0 Å². The molecular weight excluding hydrogens is 777 g/mol. The normalized spacial score (nSPS) is 16.5. The Morgan fingerprint density at radius 3 is 1.68 bits per heavy atom. The molecular formula is C42H54N8O10. The number of nitrogens with one attached hydrogen (secondary N) is 6. The second-order valence-electron chi connectivity index (χ2n) is 14.7. The summed E-state index contributed by atoms with van der Waals surface area (Å²) in [7, 11) is 1.35. The number of hydrogen-bond donors (Lipinski definition) is 10. The zero-order valence-electron chi connectivity index (χ0n) is 33.7. The Balaban J connectivity index is 1.46. The maximum atomic E-state index is 14.1. The summed E-state index contributed by atoms with van der Waals surface area (Å²) < 4.78 is 0. The summed E-state index contributed by atoms with van der Waals surface area (Å²) in [6.07, 6.45) is 0.815. The molecule has 0 aliphatic carbocycles. The van der Waals surface area contributed by atoms with Gasteiger partial charge in [-0.1, -0.05) is 54.6 Å². The van der Waals surface area contributed by atoms with E-state index in [1.165, 1.54) is 50.1 Å². The molecule has 3 aromatic carbocycles. The van der Waals surface area contributed by atoms with Crippen LogP contribution in [-0.4, -0.2) is 124 Å². The van der Waals surface area contributed by atoms with Crippen LogP contribution in [0.3, 0.4) is 0 Å². The van der Waals surface area contributed by atoms with Crippen molar-refractivity contribution in [2.45, 2.75) is 88.2 Å². The Morgan fingerprint density at radius 1 is 0.633 bits per heavy atom. The second kappa shape index (κ2) is 22.0. The van der Waals surface area contributed by atoms with Crippen LogP contribution in [-0.2, 0) is 52.8 Å². The zero-order chi connectivity index (χ0) is 43.9. The second-order valence-corrected chi connectivity index (χ2v) is 14.7. The molecule has 18 heteroatoms. The molecule has 18 nitrogen and oxygen atoms in total. The largest absolute Gasteiger partial charge is 0.508 e. The van der Waals surface area contributed by atoms with Crippen LogP contribution in [0, 0.1) is 0 Å². The standard InChI is InChI=1S/C42H54N8O10/c1-24(45-38(56)31(43)20-27-11-15-29(52)16-12-27)36(54)47-32(21-26-8-5-4-6-9-26)40(58)46-25(2)37(55)48-33(22-28-13-17-30(53)18-14-28)42(60)50-19-7-10-35(50)41(59)49-34(23-51)39(57)44-3/h4-6,8-9,11-18,24-25,31-35,51-53H,7,10,19-23,43H2,1-3H3,(H,44,57)(H,45,56)(H,46,58)(H,47,54)(H,48,55)(H,49,59)/t24-,25-,31+,32+,33+,34+,35+/m1/s1. The number of rotatable bonds is 19. The maximum absolute atomic E-state index is 14.1. The van der Waals surface area contributed by atoms with Gasteiger partial charge in [0.2, 0.25) is 41.4 Å². The molecule has 322 valence electrons. The summed E-state index contributed by atoms with van der Waals surface area (Å²) in [5, 5.41) is 44.4. The van der Waals surface area contributed by atoms with Crippen molar-refractivity contribution in [3.63, 3.8) is 0 Å². The van der Waals surface area contributed by atoms with Crippen molar-refractivity contribution in [2.24, 2.45) is 5.73 Å². The molecule has 0 aromatic heterocycles. The molecule has 1 fully saturated rings. The highest BCUT2D eigenvalue weighted by Crippen LogP contribution is 2.21. The molecule has 11 N–H and O–H groups in total. The molecule has 3 aromatic rings. The third-order valence-electron chi connectivity index (χ3n) is 10.0. The van der Waals surface area contributed by atoms with Gasteiger partial charge < -0.3 is 57.9 Å². The molecule has 0 spiro atoms. The first-order chi connectivity index (χ1) is 28.6. The van der Waals surface area contributed by atoms with Crippen molar-refractivity contribution in [2.75, 3.05) is 20.2 Å². The highest BCUT2D eigenvalue weighted by atomic mass is 16.3. The molecule has 4 rings (SSSR count). The third-order valence-corrected chi connectivity index (χ3v) is 10.0. The van der Waals surface area contributed by atoms with Gasteiger partial charge in [-0.15, -0.1) is 0 Å². The predicted molar refractivity (Wildman–Crippen MR) is 219 cm³/mol. The first-order valence-corrected chi connectivity index (χ1v) is 19.6. The Kier molecular flexibility index (Phi) is 16.9. The highest BCUT2D eigenvalue weighted by Gasteiger charge is 2.39. The number of aliphatic hydroxyl groups excluding tert-OH is 1. The fraction of sp³-hybridized carbons (Fsp3) is 0.405. The molecule has 0 bridgehead atoms. The summed E-state index contributed by atoms with van der Waals surface area (Å²) in [4.78, 5) is 94.7. The number of aliphatic hydroxyl groups is 1. The number of carbonyl (C=O) groups excluding carboxylic acids is 7. The van der Waals surface area contributed by atoms with Gasteiger partial charge in [-0.2, -0.15) is 0 Å². The average molecular weight is 831 g/mol. The number of amides is 7. The van der Waals surface area contributed by atoms with Crippen LogP contribution in [0.5, 0.6) is 11.5 Å². The van der Waals surface area contributed by atoms with Crippen LogP contribution in [0.1, 0.15) is 43.4 Å². The zero-order valence-corrected chi connectivity index (χ0v) is 33.7. The molecule has 0 unspecified atom stereocenters. The minimum absolute atomic E-state index is 0.0176. The van der Waals surface area contributed by atoms with Crippen LogP contribution in [0.25, 0.3) is 0 Å². The van der Waals surface area contributed by atoms with Crippen LogP contribution in [0.4, 0.5) is 0 Å². The molecule has 7 atom stereocenters. The minimum atomic E-state index is -1.24. The van der Waals surface area contributed by atoms with Crippen LogP contribution < -0.4 is 37.6 Å². The monoisotopic (exact) mass is 830 g/mol. The lowest BCUT2D eigenvalue weighted by Crippen LogP contribution is -2.60. The van der Waals surface area contributed by atoms with Crippen LogP contribution >= 0.6 is 0 Å². The van der Waals surface area contributed by atoms with Gasteiger partial charge in [0.1, 0.15) is 47.8 Å². The van der Waals surface area contributed by atoms with Gasteiger partial charge in [-0.05, 0) is 74.1 Å². The number of benzene rings is 3. The molecule has 0 radical (unpaired) electrons. The lowest BCUT2D eigenvalue weighted by Gasteiger charge is -2.30. The summed E-state index contributed by atoms with van der Waals surface area (Å²) in [6, 6.07) is 12.9. The molecule has 0 saturated carbocycles. The van der Waals surface area contributed by atoms with Gasteiger partial charge in [-0.25, -0.2) is 0 Å². The van der Waals surface area contributed by atoms with E-state index in [4.69, 9.17) is 5.73 Å². The Hall–Kier alpha value is -6.53. The quantitative estimate of drug-likeness (QED) is 0.0674. The van der Waals surface area contributed by atoms with Crippen molar-refractivity contribution in [1.82, 2.24) is 36.8 Å². The number of carbonyl (C=O) groups is 7. The van der Waals surface area contributed by atoms with Crippen molar-refractivity contribution in [1.29, 1.82) is 0 Å². The van der Waals surface area contributed by atoms with Crippen molar-refractivity contribution >= 4 is 41.4 Å². The van der Waals surface area contributed by atoms with Gasteiger partial charge in [-0.3, -0.25) is 33.6 Å². The van der Waals surface area contributed by atoms with Gasteiger partial charge in [0, 0.05) is 26.4 Å². The first kappa shape index (κ1) is 46.2. The van der Waals surface area contributed by atoms with Crippen molar-refractivity contribution in [3.8, 4) is 11.5 Å². The fourth-order valence-electron chi connectivity index (χ4n) is 6.60. The number of nitrogens with two attached hydrogens (primary N) is 1. The van der Waals surface area contributed by atoms with Gasteiger partial charge >= 0.3 is 0 Å². The van der Waals surface area contributed by atoms with E-state index >= 15 is 0 Å². The molecule has 1 saturated heterocycles. The van der Waals surface area contributed by atoms with Crippen molar-refractivity contribution in [3.05, 3.63) is 95.6 Å². The smallest absolute Gasteiger partial charge is 0.246 e. The Labute approximate surface area is 347 Å². The van der Waals surface area contributed by atoms with Crippen molar-refractivity contribution < 1.29 is 48.9 Å². The van der Waals surface area contributed by atoms with E-state index in [-0.39, 0.29) is 43.7 Å². The van der Waals surface area contributed by atoms with E-state index < -0.39 is 90.3 Å². The van der Waals surface area contributed by atoms with E-state index in [0.717, 1.165) is 0 Å². The molecule has 60 heavy (non-hydrogen) atoms.